The minimum Gasteiger partial charge on any atom is -0.340 e. The number of hydrogen-bond donors (Lipinski definition) is 9. The smallest absolute Gasteiger partial charge is 0.340 e. The molecule has 0 saturated carbocycles. The summed E-state index contributed by atoms with van der Waals surface area (Å²) in [5.41, 5.74) is -1.77. The van der Waals surface area contributed by atoms with Crippen LogP contribution in [0.5, 0.6) is 0 Å². The van der Waals surface area contributed by atoms with Crippen LogP contribution in [0.2, 0.25) is 0 Å². The van der Waals surface area contributed by atoms with Gasteiger partial charge in [0.1, 0.15) is 30.6 Å². The first-order valence-corrected chi connectivity index (χ1v) is 25.6. The molecule has 31 heteroatoms. The highest BCUT2D eigenvalue weighted by atomic mass is 32.2. The Kier molecular flexibility index (Phi) is 23.3. The Hall–Kier alpha value is -7.73. The molecule has 5 saturated heterocycles. The van der Waals surface area contributed by atoms with E-state index >= 15 is 0 Å². The fraction of sp³-hybridized carbons (Fsp3) is 0.673. The first-order chi connectivity index (χ1) is 35.8. The van der Waals surface area contributed by atoms with Crippen LogP contribution in [0.25, 0.3) is 0 Å². The van der Waals surface area contributed by atoms with E-state index in [1.165, 1.54) is 9.58 Å². The average Bonchev–Trinajstić information content (AvgIpc) is 4.04. The van der Waals surface area contributed by atoms with Crippen molar-refractivity contribution in [2.24, 2.45) is 33.5 Å². The van der Waals surface area contributed by atoms with Crippen LogP contribution in [0.3, 0.4) is 0 Å². The number of urea groups is 3. The van der Waals surface area contributed by atoms with E-state index in [9.17, 15) is 71.9 Å². The van der Waals surface area contributed by atoms with E-state index in [0.29, 0.717) is 0 Å². The van der Waals surface area contributed by atoms with Crippen molar-refractivity contribution in [2.75, 3.05) is 6.54 Å². The van der Waals surface area contributed by atoms with E-state index in [4.69, 9.17) is 0 Å². The third-order valence-corrected chi connectivity index (χ3v) is 12.2. The van der Waals surface area contributed by atoms with Gasteiger partial charge in [0.2, 0.25) is 23.6 Å². The monoisotopic (exact) mass is 1150 g/mol. The summed E-state index contributed by atoms with van der Waals surface area (Å²) < 4.78 is 6.81. The highest BCUT2D eigenvalue weighted by Crippen LogP contribution is 2.34. The Morgan fingerprint density at radius 2 is 1.01 bits per heavy atom. The molecular formula is C49H79N13O17S. The molecular weight excluding hydrogens is 1070 g/mol. The first-order valence-electron chi connectivity index (χ1n) is 24.7. The Bertz CT molecular complexity index is 2770. The highest BCUT2D eigenvalue weighted by molar-refractivity contribution is 8.15. The summed E-state index contributed by atoms with van der Waals surface area (Å²) in [6, 6.07) is -1.82. The average molecular weight is 1150 g/mol. The maximum absolute atomic E-state index is 11.3. The summed E-state index contributed by atoms with van der Waals surface area (Å²) in [4.78, 5) is 174. The summed E-state index contributed by atoms with van der Waals surface area (Å²) in [7, 11) is 0. The van der Waals surface area contributed by atoms with E-state index in [0.717, 1.165) is 22.7 Å². The number of hydroxylamine groups is 1. The van der Waals surface area contributed by atoms with Crippen molar-refractivity contribution in [3.63, 3.8) is 0 Å². The maximum atomic E-state index is 11.3. The number of barbiturate groups is 1. The van der Waals surface area contributed by atoms with E-state index < -0.39 is 86.9 Å². The molecule has 0 radical (unpaired) electrons. The highest BCUT2D eigenvalue weighted by Gasteiger charge is 2.45. The van der Waals surface area contributed by atoms with Crippen LogP contribution in [0.4, 0.5) is 19.2 Å². The topological polar surface area (TPSA) is 420 Å². The third-order valence-electron chi connectivity index (χ3n) is 10.7. The fourth-order valence-corrected chi connectivity index (χ4v) is 7.76. The van der Waals surface area contributed by atoms with Crippen LogP contribution in [0.15, 0.2) is 29.9 Å². The summed E-state index contributed by atoms with van der Waals surface area (Å²) in [6.45, 7) is 39.0. The van der Waals surface area contributed by atoms with Gasteiger partial charge in [0.25, 0.3) is 22.6 Å². The number of rotatable bonds is 0. The molecule has 5 aliphatic rings. The van der Waals surface area contributed by atoms with Gasteiger partial charge in [-0.05, 0) is 84.0 Å². The number of imide groups is 5. The standard InChI is InChI=1S/C8H12N2O3.C7H11N3O2.2C7H12N2O2.C7H11NO3.C7H11NO2S.C6H10N2O3/c1-8(2,3)4-5(11)9-7(13)10-6(4)12;1-7(2,3)10-6(12)9-5(11)4-8-10;1-7(2,3)9-4-5(10)8-6(9)11;1-7(2,3)4-5(10)9-6(11)8-4;1-7(2,3)4-5(9)8-11-6(4)10;1-7(2,3)4-5(9)8-6(10)11-4;1-6(2,3)8-4(9)7-5(10)11-8/h4H,1-3H3,(H2,9,10,11,12,13);4H,1-3H3,(H,9,11,12);4H2,1-3H3,(H,8,10,11);4H,1-3H3,(H2,8,9,10,11);4H,1-3H3,(H,8,9);4H,1-3H3,(H,8,9,10);1-3H3,(H,7,9,10). The van der Waals surface area contributed by atoms with Crippen LogP contribution in [-0.2, 0) is 49.5 Å². The molecule has 448 valence electrons. The minimum absolute atomic E-state index is 0.138. The van der Waals surface area contributed by atoms with Gasteiger partial charge >= 0.3 is 41.2 Å². The van der Waals surface area contributed by atoms with Crippen LogP contribution in [0.1, 0.15) is 145 Å². The normalized spacial score (nSPS) is 19.5. The van der Waals surface area contributed by atoms with Crippen molar-refractivity contribution in [1.82, 2.24) is 66.8 Å². The van der Waals surface area contributed by atoms with Gasteiger partial charge in [-0.25, -0.2) is 43.2 Å². The lowest BCUT2D eigenvalue weighted by atomic mass is 9.79. The molecule has 30 nitrogen and oxygen atoms in total. The summed E-state index contributed by atoms with van der Waals surface area (Å²) in [5, 5.41) is 16.6. The number of nitrogens with one attached hydrogen (secondary N) is 9. The Balaban J connectivity index is 0.000000467. The number of hydrogen-bond acceptors (Lipinski definition) is 19. The number of H-pyrrole nitrogens is 2. The maximum Gasteiger partial charge on any atom is 0.440 e. The van der Waals surface area contributed by atoms with Crippen molar-refractivity contribution >= 4 is 76.5 Å². The number of thioether (sulfide) groups is 1. The molecule has 3 atom stereocenters. The molecule has 9 N–H and O–H groups in total. The van der Waals surface area contributed by atoms with Crippen LogP contribution in [0, 0.1) is 33.5 Å². The second-order valence-electron chi connectivity index (χ2n) is 25.6. The molecule has 7 rings (SSSR count). The van der Waals surface area contributed by atoms with Gasteiger partial charge < -0.3 is 19.6 Å². The van der Waals surface area contributed by atoms with Gasteiger partial charge in [-0.2, -0.15) is 10.6 Å². The molecule has 0 spiro atoms. The van der Waals surface area contributed by atoms with Crippen molar-refractivity contribution in [1.29, 1.82) is 0 Å². The lowest BCUT2D eigenvalue weighted by molar-refractivity contribution is -0.148. The zero-order valence-electron chi connectivity index (χ0n) is 49.2. The molecule has 2 aromatic heterocycles. The number of aromatic amines is 2. The number of nitrogens with zero attached hydrogens (tertiary/aromatic N) is 4. The minimum atomic E-state index is -0.801. The zero-order valence-corrected chi connectivity index (χ0v) is 50.0. The third kappa shape index (κ3) is 21.8. The fourth-order valence-electron chi connectivity index (χ4n) is 6.87. The van der Waals surface area contributed by atoms with Crippen molar-refractivity contribution in [2.45, 2.75) is 173 Å². The van der Waals surface area contributed by atoms with E-state index in [2.05, 4.69) is 51.3 Å². The van der Waals surface area contributed by atoms with Crippen molar-refractivity contribution in [3.05, 3.63) is 48.1 Å². The second-order valence-corrected chi connectivity index (χ2v) is 26.7. The van der Waals surface area contributed by atoms with Crippen molar-refractivity contribution < 1.29 is 62.1 Å². The Labute approximate surface area is 465 Å². The Morgan fingerprint density at radius 3 is 1.25 bits per heavy atom. The largest absolute Gasteiger partial charge is 0.440 e. The van der Waals surface area contributed by atoms with Gasteiger partial charge in [0, 0.05) is 5.54 Å². The van der Waals surface area contributed by atoms with Gasteiger partial charge in [-0.15, -0.1) is 4.74 Å². The molecule has 13 amide bonds. The SMILES string of the molecule is CC(C)(C)C1C(=O)NC(=O)NC1=O.CC(C)(C)C1C(=O)NOC1=O.CC(C)(C)C1NC(=O)NC1=O.CC(C)(C)C1SC(=O)NC1=O.CC(C)(C)N1CC(=O)NC1=O.CC(C)(C)n1ncc(=O)[nH]c1=O.CC(C)(C)n1oc(=O)[nH]c1=O. The molecule has 0 aliphatic carbocycles. The molecule has 80 heavy (non-hydrogen) atoms. The Morgan fingerprint density at radius 1 is 0.512 bits per heavy atom. The molecule has 5 aliphatic heterocycles. The number of carbonyl (C=O) groups excluding carboxylic acids is 11. The van der Waals surface area contributed by atoms with Crippen molar-refractivity contribution in [3.8, 4) is 0 Å². The predicted octanol–water partition coefficient (Wildman–Crippen LogP) is 1.78. The summed E-state index contributed by atoms with van der Waals surface area (Å²) >= 11 is 1.08. The predicted molar refractivity (Wildman–Crippen MR) is 289 cm³/mol. The first kappa shape index (κ1) is 70.3. The van der Waals surface area contributed by atoms with Gasteiger partial charge in [-0.1, -0.05) is 94.8 Å². The van der Waals surface area contributed by atoms with Crippen LogP contribution < -0.4 is 60.1 Å². The number of aromatic nitrogens is 5. The number of carbonyl (C=O) groups is 11. The van der Waals surface area contributed by atoms with Gasteiger partial charge in [0.15, 0.2) is 0 Å². The van der Waals surface area contributed by atoms with E-state index in [1.807, 2.05) is 114 Å². The molecule has 5 fully saturated rings. The van der Waals surface area contributed by atoms with E-state index in [1.54, 1.807) is 41.5 Å². The molecule has 2 aromatic rings. The van der Waals surface area contributed by atoms with Gasteiger partial charge in [-0.3, -0.25) is 69.9 Å². The number of amides is 13. The van der Waals surface area contributed by atoms with Crippen LogP contribution in [-0.4, -0.2) is 118 Å². The lowest BCUT2D eigenvalue weighted by Crippen LogP contribution is -2.59. The quantitative estimate of drug-likeness (QED) is 0.134. The molecule has 0 bridgehead atoms. The zero-order chi connectivity index (χ0) is 62.8. The summed E-state index contributed by atoms with van der Waals surface area (Å²) in [6.07, 6.45) is 1.09. The summed E-state index contributed by atoms with van der Waals surface area (Å²) in [5.74, 6) is -4.68. The molecule has 0 aromatic carbocycles. The molecule has 3 unspecified atom stereocenters. The lowest BCUT2D eigenvalue weighted by Gasteiger charge is -2.30. The van der Waals surface area contributed by atoms with Gasteiger partial charge in [0.05, 0.1) is 16.3 Å². The van der Waals surface area contributed by atoms with Crippen LogP contribution >= 0.6 is 11.8 Å². The second kappa shape index (κ2) is 26.5. The molecule has 7 heterocycles. The van der Waals surface area contributed by atoms with E-state index in [-0.39, 0.29) is 68.5 Å².